The van der Waals surface area contributed by atoms with Crippen LogP contribution >= 0.6 is 12.3 Å². The Labute approximate surface area is 142 Å². The SMILES string of the molecule is FSn1cc(-c2ccnc(F)c2)c2c(N3CCNCC3)ccnc21. The van der Waals surface area contributed by atoms with E-state index in [2.05, 4.69) is 20.2 Å². The number of fused-ring (bicyclic) bond motifs is 1. The van der Waals surface area contributed by atoms with Crippen molar-refractivity contribution in [1.29, 1.82) is 0 Å². The summed E-state index contributed by atoms with van der Waals surface area (Å²) in [6.45, 7) is 3.50. The summed E-state index contributed by atoms with van der Waals surface area (Å²) in [4.78, 5) is 10.2. The minimum absolute atomic E-state index is 0.0873. The van der Waals surface area contributed by atoms with Crippen LogP contribution in [0.1, 0.15) is 0 Å². The lowest BCUT2D eigenvalue weighted by Gasteiger charge is -2.30. The van der Waals surface area contributed by atoms with Gasteiger partial charge in [-0.2, -0.15) is 4.39 Å². The largest absolute Gasteiger partial charge is 0.368 e. The molecule has 4 heterocycles. The number of halogens is 2. The fourth-order valence-electron chi connectivity index (χ4n) is 3.12. The second-order valence-electron chi connectivity index (χ2n) is 5.57. The summed E-state index contributed by atoms with van der Waals surface area (Å²) in [7, 11) is 0. The summed E-state index contributed by atoms with van der Waals surface area (Å²) in [6.07, 6.45) is 4.75. The number of pyridine rings is 2. The van der Waals surface area contributed by atoms with E-state index in [9.17, 15) is 8.28 Å². The lowest BCUT2D eigenvalue weighted by Crippen LogP contribution is -2.43. The van der Waals surface area contributed by atoms with E-state index in [-0.39, 0.29) is 12.3 Å². The predicted octanol–water partition coefficient (Wildman–Crippen LogP) is 3.03. The standard InChI is InChI=1S/C16H15F2N5S/c17-14-9-11(1-3-20-14)12-10-23(24-18)16-15(12)13(2-4-21-16)22-7-5-19-6-8-22/h1-4,9-10,19H,5-8H2. The molecular weight excluding hydrogens is 332 g/mol. The molecule has 24 heavy (non-hydrogen) atoms. The zero-order valence-corrected chi connectivity index (χ0v) is 13.6. The smallest absolute Gasteiger partial charge is 0.213 e. The van der Waals surface area contributed by atoms with Gasteiger partial charge in [-0.3, -0.25) is 0 Å². The molecule has 0 radical (unpaired) electrons. The van der Waals surface area contributed by atoms with Crippen molar-refractivity contribution >= 4 is 29.1 Å². The van der Waals surface area contributed by atoms with Crippen LogP contribution in [0, 0.1) is 5.95 Å². The number of hydrogen-bond acceptors (Lipinski definition) is 5. The number of piperazine rings is 1. The molecule has 1 fully saturated rings. The maximum absolute atomic E-state index is 13.6. The zero-order chi connectivity index (χ0) is 16.5. The summed E-state index contributed by atoms with van der Waals surface area (Å²) in [5.41, 5.74) is 2.93. The van der Waals surface area contributed by atoms with Gasteiger partial charge in [-0.1, -0.05) is 0 Å². The van der Waals surface area contributed by atoms with Gasteiger partial charge in [0, 0.05) is 56.4 Å². The van der Waals surface area contributed by atoms with Gasteiger partial charge in [0.1, 0.15) is 0 Å². The van der Waals surface area contributed by atoms with Gasteiger partial charge in [0.15, 0.2) is 18.0 Å². The van der Waals surface area contributed by atoms with Crippen molar-refractivity contribution in [1.82, 2.24) is 19.3 Å². The Kier molecular flexibility index (Phi) is 4.07. The van der Waals surface area contributed by atoms with Gasteiger partial charge in [0.2, 0.25) is 5.95 Å². The van der Waals surface area contributed by atoms with Gasteiger partial charge in [-0.05, 0) is 17.7 Å². The molecule has 0 saturated carbocycles. The fourth-order valence-corrected chi connectivity index (χ4v) is 3.47. The van der Waals surface area contributed by atoms with Gasteiger partial charge in [0.05, 0.1) is 11.1 Å². The molecule has 8 heteroatoms. The number of hydrogen-bond donors (Lipinski definition) is 1. The Morgan fingerprint density at radius 1 is 1.12 bits per heavy atom. The molecule has 1 aliphatic rings. The average Bonchev–Trinajstić information content (AvgIpc) is 3.01. The third kappa shape index (κ3) is 2.61. The zero-order valence-electron chi connectivity index (χ0n) is 12.7. The number of nitrogens with zero attached hydrogens (tertiary/aromatic N) is 4. The van der Waals surface area contributed by atoms with E-state index in [0.29, 0.717) is 11.2 Å². The van der Waals surface area contributed by atoms with Crippen molar-refractivity contribution in [2.75, 3.05) is 31.1 Å². The molecule has 4 rings (SSSR count). The first-order valence-corrected chi connectivity index (χ1v) is 8.32. The summed E-state index contributed by atoms with van der Waals surface area (Å²) in [6, 6.07) is 5.01. The molecule has 3 aromatic rings. The van der Waals surface area contributed by atoms with Crippen molar-refractivity contribution in [3.8, 4) is 11.1 Å². The lowest BCUT2D eigenvalue weighted by molar-refractivity contribution is 0.584. The average molecular weight is 347 g/mol. The van der Waals surface area contributed by atoms with Gasteiger partial charge >= 0.3 is 0 Å². The second-order valence-corrected chi connectivity index (χ2v) is 6.10. The van der Waals surface area contributed by atoms with E-state index in [1.807, 2.05) is 6.07 Å². The van der Waals surface area contributed by atoms with Crippen LogP contribution in [0.3, 0.4) is 0 Å². The molecule has 1 aliphatic heterocycles. The van der Waals surface area contributed by atoms with Gasteiger partial charge in [-0.25, -0.2) is 13.9 Å². The normalized spacial score (nSPS) is 15.2. The van der Waals surface area contributed by atoms with Crippen molar-refractivity contribution in [2.24, 2.45) is 0 Å². The van der Waals surface area contributed by atoms with Crippen molar-refractivity contribution < 1.29 is 8.28 Å². The first-order chi connectivity index (χ1) is 11.8. The van der Waals surface area contributed by atoms with Crippen LogP contribution in [0.2, 0.25) is 0 Å². The molecule has 5 nitrogen and oxygen atoms in total. The highest BCUT2D eigenvalue weighted by Crippen LogP contribution is 2.38. The molecule has 0 spiro atoms. The Balaban J connectivity index is 1.95. The summed E-state index contributed by atoms with van der Waals surface area (Å²) >= 11 is 0.0873. The minimum Gasteiger partial charge on any atom is -0.368 e. The van der Waals surface area contributed by atoms with E-state index in [0.717, 1.165) is 42.8 Å². The topological polar surface area (TPSA) is 46.0 Å². The molecule has 124 valence electrons. The second kappa shape index (κ2) is 6.37. The fraction of sp³-hybridized carbons (Fsp3) is 0.250. The van der Waals surface area contributed by atoms with Crippen LogP contribution < -0.4 is 10.2 Å². The molecule has 0 bridgehead atoms. The third-order valence-corrected chi connectivity index (χ3v) is 4.63. The third-order valence-electron chi connectivity index (χ3n) is 4.20. The van der Waals surface area contributed by atoms with Crippen LogP contribution in [0.4, 0.5) is 14.0 Å². The summed E-state index contributed by atoms with van der Waals surface area (Å²) in [5.74, 6) is -0.561. The van der Waals surface area contributed by atoms with Crippen LogP contribution in [0.15, 0.2) is 36.8 Å². The summed E-state index contributed by atoms with van der Waals surface area (Å²) < 4.78 is 28.3. The minimum atomic E-state index is -0.561. The highest BCUT2D eigenvalue weighted by molar-refractivity contribution is 7.92. The summed E-state index contributed by atoms with van der Waals surface area (Å²) in [5, 5.41) is 4.15. The highest BCUT2D eigenvalue weighted by atomic mass is 32.2. The molecule has 1 saturated heterocycles. The van der Waals surface area contributed by atoms with Crippen molar-refractivity contribution in [2.45, 2.75) is 0 Å². The quantitative estimate of drug-likeness (QED) is 0.738. The molecule has 1 N–H and O–H groups in total. The monoisotopic (exact) mass is 347 g/mol. The van der Waals surface area contributed by atoms with E-state index in [4.69, 9.17) is 0 Å². The van der Waals surface area contributed by atoms with Crippen LogP contribution in [0.5, 0.6) is 0 Å². The van der Waals surface area contributed by atoms with Crippen molar-refractivity contribution in [3.63, 3.8) is 0 Å². The Morgan fingerprint density at radius 2 is 1.92 bits per heavy atom. The highest BCUT2D eigenvalue weighted by Gasteiger charge is 2.20. The van der Waals surface area contributed by atoms with E-state index in [1.54, 1.807) is 18.5 Å². The number of anilines is 1. The van der Waals surface area contributed by atoms with E-state index >= 15 is 0 Å². The molecule has 0 aromatic carbocycles. The van der Waals surface area contributed by atoms with Crippen LogP contribution in [-0.4, -0.2) is 40.1 Å². The Morgan fingerprint density at radius 3 is 2.67 bits per heavy atom. The predicted molar refractivity (Wildman–Crippen MR) is 92.1 cm³/mol. The molecular formula is C16H15F2N5S. The van der Waals surface area contributed by atoms with E-state index < -0.39 is 5.95 Å². The van der Waals surface area contributed by atoms with Crippen LogP contribution in [-0.2, 0) is 0 Å². The van der Waals surface area contributed by atoms with Gasteiger partial charge in [0.25, 0.3) is 0 Å². The molecule has 0 unspecified atom stereocenters. The Hall–Kier alpha value is -2.19. The molecule has 0 aliphatic carbocycles. The van der Waals surface area contributed by atoms with Crippen molar-refractivity contribution in [3.05, 3.63) is 42.7 Å². The number of rotatable bonds is 3. The van der Waals surface area contributed by atoms with Gasteiger partial charge in [-0.15, -0.1) is 3.89 Å². The van der Waals surface area contributed by atoms with E-state index in [1.165, 1.54) is 16.2 Å². The maximum atomic E-state index is 13.6. The van der Waals surface area contributed by atoms with Crippen LogP contribution in [0.25, 0.3) is 22.2 Å². The van der Waals surface area contributed by atoms with Gasteiger partial charge < -0.3 is 10.2 Å². The molecule has 0 atom stereocenters. The first-order valence-electron chi connectivity index (χ1n) is 7.64. The lowest BCUT2D eigenvalue weighted by atomic mass is 10.1. The Bertz CT molecular complexity index is 876. The molecule has 3 aromatic heterocycles. The maximum Gasteiger partial charge on any atom is 0.213 e. The number of aromatic nitrogens is 3. The number of nitrogens with one attached hydrogen (secondary N) is 1. The molecule has 0 amide bonds. The first kappa shape index (κ1) is 15.3.